The van der Waals surface area contributed by atoms with Crippen LogP contribution in [0.5, 0.6) is 0 Å². The molecule has 0 aliphatic carbocycles. The van der Waals surface area contributed by atoms with Crippen molar-refractivity contribution < 1.29 is 18.4 Å². The number of hydrogen-bond donors (Lipinski definition) is 2. The van der Waals surface area contributed by atoms with Crippen molar-refractivity contribution >= 4 is 24.8 Å². The van der Waals surface area contributed by atoms with Crippen LogP contribution in [0, 0.1) is 0 Å². The second-order valence-corrected chi connectivity index (χ2v) is 10.6. The Balaban J connectivity index is 2.07. The molecule has 7 heteroatoms. The van der Waals surface area contributed by atoms with Gasteiger partial charge in [-0.05, 0) is 39.0 Å². The minimum Gasteiger partial charge on any atom is -0.378 e. The van der Waals surface area contributed by atoms with Gasteiger partial charge in [0, 0.05) is 37.3 Å². The van der Waals surface area contributed by atoms with Gasteiger partial charge in [0.1, 0.15) is 5.28 Å². The van der Waals surface area contributed by atoms with Gasteiger partial charge in [-0.15, -0.1) is 0 Å². The summed E-state index contributed by atoms with van der Waals surface area (Å²) in [4.78, 5) is 12.9. The normalized spacial score (nSPS) is 21.0. The Labute approximate surface area is 166 Å². The van der Waals surface area contributed by atoms with Crippen LogP contribution in [0.15, 0.2) is 48.5 Å². The Morgan fingerprint density at radius 2 is 1.57 bits per heavy atom. The molecule has 1 aliphatic rings. The Kier molecular flexibility index (Phi) is 5.41. The minimum atomic E-state index is -3.46. The number of ketones is 1. The number of fused-ring (bicyclic) bond motifs is 1. The zero-order valence-corrected chi connectivity index (χ0v) is 17.8. The van der Waals surface area contributed by atoms with Gasteiger partial charge < -0.3 is 19.7 Å². The van der Waals surface area contributed by atoms with E-state index in [1.807, 2.05) is 45.0 Å². The molecule has 0 amide bonds. The number of nitrogens with one attached hydrogen (secondary N) is 2. The van der Waals surface area contributed by atoms with Crippen LogP contribution in [0.1, 0.15) is 43.1 Å². The highest BCUT2D eigenvalue weighted by atomic mass is 31.2. The maximum Gasteiger partial charge on any atom is 0.355 e. The third kappa shape index (κ3) is 3.72. The summed E-state index contributed by atoms with van der Waals surface area (Å²) in [7, 11) is -0.689. The SMILES string of the molecule is COP(=O)(OC)C1(C)CC(C)(C)Nc2ccc(C(=O)c3ccccc3)cc2N1. The van der Waals surface area contributed by atoms with Gasteiger partial charge in [0.25, 0.3) is 0 Å². The average molecular weight is 402 g/mol. The van der Waals surface area contributed by atoms with Crippen LogP contribution in [0.3, 0.4) is 0 Å². The van der Waals surface area contributed by atoms with Gasteiger partial charge in [0.15, 0.2) is 5.78 Å². The quantitative estimate of drug-likeness (QED) is 0.534. The van der Waals surface area contributed by atoms with Crippen molar-refractivity contribution in [3.63, 3.8) is 0 Å². The highest BCUT2D eigenvalue weighted by molar-refractivity contribution is 7.55. The maximum atomic E-state index is 13.3. The summed E-state index contributed by atoms with van der Waals surface area (Å²) in [5.74, 6) is -0.0722. The summed E-state index contributed by atoms with van der Waals surface area (Å²) in [6.45, 7) is 5.88. The summed E-state index contributed by atoms with van der Waals surface area (Å²) >= 11 is 0. The molecule has 1 heterocycles. The fraction of sp³-hybridized carbons (Fsp3) is 0.381. The molecule has 0 aromatic heterocycles. The van der Waals surface area contributed by atoms with Crippen LogP contribution in [-0.2, 0) is 13.6 Å². The standard InChI is InChI=1S/C21H27N2O4P/c1-20(2)14-21(3,28(25,26-4)27-5)23-18-13-16(11-12-17(18)22-20)19(24)15-9-7-6-8-10-15/h6-13,22-23H,14H2,1-5H3. The Morgan fingerprint density at radius 3 is 2.18 bits per heavy atom. The average Bonchev–Trinajstić information content (AvgIpc) is 2.78. The van der Waals surface area contributed by atoms with E-state index >= 15 is 0 Å². The zero-order chi connectivity index (χ0) is 20.6. The lowest BCUT2D eigenvalue weighted by Crippen LogP contribution is -2.43. The van der Waals surface area contributed by atoms with Crippen LogP contribution in [0.4, 0.5) is 11.4 Å². The van der Waals surface area contributed by atoms with Gasteiger partial charge in [-0.25, -0.2) is 0 Å². The fourth-order valence-corrected chi connectivity index (χ4v) is 5.70. The lowest BCUT2D eigenvalue weighted by molar-refractivity contribution is 0.103. The van der Waals surface area contributed by atoms with Crippen molar-refractivity contribution in [1.82, 2.24) is 0 Å². The van der Waals surface area contributed by atoms with Crippen molar-refractivity contribution in [3.8, 4) is 0 Å². The molecule has 1 aliphatic heterocycles. The molecule has 0 fully saturated rings. The van der Waals surface area contributed by atoms with E-state index in [9.17, 15) is 9.36 Å². The van der Waals surface area contributed by atoms with Crippen LogP contribution < -0.4 is 10.6 Å². The topological polar surface area (TPSA) is 76.7 Å². The predicted octanol–water partition coefficient (Wildman–Crippen LogP) is 5.13. The maximum absolute atomic E-state index is 13.3. The fourth-order valence-electron chi connectivity index (χ4n) is 3.90. The van der Waals surface area contributed by atoms with Crippen LogP contribution in [0.2, 0.25) is 0 Å². The van der Waals surface area contributed by atoms with Crippen molar-refractivity contribution in [2.24, 2.45) is 0 Å². The number of carbonyl (C=O) groups is 1. The van der Waals surface area contributed by atoms with Crippen molar-refractivity contribution in [1.29, 1.82) is 0 Å². The van der Waals surface area contributed by atoms with E-state index in [1.54, 1.807) is 24.3 Å². The van der Waals surface area contributed by atoms with Gasteiger partial charge in [-0.2, -0.15) is 0 Å². The Morgan fingerprint density at radius 1 is 0.929 bits per heavy atom. The summed E-state index contributed by atoms with van der Waals surface area (Å²) in [5, 5.41) is 5.85. The highest BCUT2D eigenvalue weighted by Crippen LogP contribution is 2.62. The van der Waals surface area contributed by atoms with E-state index in [0.717, 1.165) is 5.69 Å². The third-order valence-electron chi connectivity index (χ3n) is 5.07. The molecule has 3 rings (SSSR count). The highest BCUT2D eigenvalue weighted by Gasteiger charge is 2.51. The van der Waals surface area contributed by atoms with Gasteiger partial charge in [-0.3, -0.25) is 9.36 Å². The first-order chi connectivity index (χ1) is 13.1. The second kappa shape index (κ2) is 7.36. The predicted molar refractivity (Wildman–Crippen MR) is 112 cm³/mol. The van der Waals surface area contributed by atoms with E-state index in [2.05, 4.69) is 10.6 Å². The van der Waals surface area contributed by atoms with Crippen LogP contribution >= 0.6 is 7.60 Å². The molecule has 2 aromatic rings. The van der Waals surface area contributed by atoms with Gasteiger partial charge >= 0.3 is 7.60 Å². The largest absolute Gasteiger partial charge is 0.378 e. The lowest BCUT2D eigenvalue weighted by Gasteiger charge is -2.39. The van der Waals surface area contributed by atoms with E-state index < -0.39 is 12.9 Å². The molecule has 1 unspecified atom stereocenters. The third-order valence-corrected chi connectivity index (χ3v) is 7.51. The summed E-state index contributed by atoms with van der Waals surface area (Å²) in [5.41, 5.74) is 2.30. The molecule has 2 N–H and O–H groups in total. The van der Waals surface area contributed by atoms with Gasteiger partial charge in [-0.1, -0.05) is 30.3 Å². The van der Waals surface area contributed by atoms with E-state index in [1.165, 1.54) is 14.2 Å². The second-order valence-electron chi connectivity index (χ2n) is 7.90. The smallest absolute Gasteiger partial charge is 0.355 e. The van der Waals surface area contributed by atoms with Gasteiger partial charge in [0.05, 0.1) is 11.4 Å². The number of benzene rings is 2. The summed E-state index contributed by atoms with van der Waals surface area (Å²) < 4.78 is 23.9. The number of carbonyl (C=O) groups excluding carboxylic acids is 1. The molecule has 28 heavy (non-hydrogen) atoms. The monoisotopic (exact) mass is 402 g/mol. The van der Waals surface area contributed by atoms with E-state index in [4.69, 9.17) is 9.05 Å². The number of hydrogen-bond acceptors (Lipinski definition) is 6. The number of rotatable bonds is 5. The molecule has 0 radical (unpaired) electrons. The molecule has 0 saturated heterocycles. The van der Waals surface area contributed by atoms with E-state index in [0.29, 0.717) is 23.2 Å². The molecule has 150 valence electrons. The van der Waals surface area contributed by atoms with Crippen molar-refractivity contribution in [2.75, 3.05) is 24.9 Å². The van der Waals surface area contributed by atoms with Gasteiger partial charge in [0.2, 0.25) is 0 Å². The first kappa shape index (κ1) is 20.6. The molecule has 2 aromatic carbocycles. The molecule has 1 atom stereocenters. The number of anilines is 2. The van der Waals surface area contributed by atoms with E-state index in [-0.39, 0.29) is 11.3 Å². The van der Waals surface area contributed by atoms with Crippen molar-refractivity contribution in [3.05, 3.63) is 59.7 Å². The summed E-state index contributed by atoms with van der Waals surface area (Å²) in [6, 6.07) is 14.6. The first-order valence-corrected chi connectivity index (χ1v) is 10.7. The Hall–Kier alpha value is -2.14. The zero-order valence-electron chi connectivity index (χ0n) is 16.9. The van der Waals surface area contributed by atoms with Crippen molar-refractivity contribution in [2.45, 2.75) is 38.0 Å². The molecule has 6 nitrogen and oxygen atoms in total. The molecule has 0 spiro atoms. The van der Waals surface area contributed by atoms with Crippen LogP contribution in [-0.4, -0.2) is 30.8 Å². The minimum absolute atomic E-state index is 0.0722. The molecular weight excluding hydrogens is 375 g/mol. The van der Waals surface area contributed by atoms with Crippen LogP contribution in [0.25, 0.3) is 0 Å². The first-order valence-electron chi connectivity index (χ1n) is 9.15. The summed E-state index contributed by atoms with van der Waals surface area (Å²) in [6.07, 6.45) is 0.482. The lowest BCUT2D eigenvalue weighted by atomic mass is 9.96. The molecule has 0 bridgehead atoms. The molecular formula is C21H27N2O4P. The Bertz CT molecular complexity index is 921. The molecule has 0 saturated carbocycles.